The molecule has 1 fully saturated rings. The molecule has 3 heterocycles. The van der Waals surface area contributed by atoms with Gasteiger partial charge in [0.1, 0.15) is 8.16 Å². The van der Waals surface area contributed by atoms with Gasteiger partial charge in [-0.2, -0.15) is 0 Å². The first-order chi connectivity index (χ1) is 17.7. The molecular formula is C31H29NS4. The van der Waals surface area contributed by atoms with Crippen LogP contribution in [-0.2, 0) is 8.16 Å². The number of aryl methyl sites for hydroxylation is 1. The van der Waals surface area contributed by atoms with Crippen LogP contribution in [0.3, 0.4) is 0 Å². The monoisotopic (exact) mass is 543 g/mol. The molecule has 1 N–H and O–H groups in total. The second-order valence-corrected chi connectivity index (χ2v) is 15.7. The van der Waals surface area contributed by atoms with E-state index in [9.17, 15) is 0 Å². The molecule has 0 atom stereocenters. The first-order valence-electron chi connectivity index (χ1n) is 12.9. The van der Waals surface area contributed by atoms with E-state index in [4.69, 9.17) is 0 Å². The standard InChI is InChI=1S/C31H29NS4/c1-21-15-17-23(18-16-21)30(33-25-11-5-6-12-26(25)34-30)24-19-29(32-20-24)31(22-9-3-2-4-10-22)35-27-13-7-8-14-28(27)36-31/h5-8,11-20,22,32H,2-4,9-10H2,1H3. The Kier molecular flexibility index (Phi) is 6.04. The number of benzene rings is 3. The van der Waals surface area contributed by atoms with Gasteiger partial charge in [0.15, 0.2) is 0 Å². The molecule has 0 unspecified atom stereocenters. The molecule has 1 saturated carbocycles. The van der Waals surface area contributed by atoms with Gasteiger partial charge in [-0.1, -0.05) is 96.9 Å². The molecule has 3 aromatic carbocycles. The van der Waals surface area contributed by atoms with Crippen molar-refractivity contribution in [3.63, 3.8) is 0 Å². The van der Waals surface area contributed by atoms with Crippen LogP contribution in [0, 0.1) is 12.8 Å². The van der Waals surface area contributed by atoms with Crippen LogP contribution in [0.25, 0.3) is 0 Å². The van der Waals surface area contributed by atoms with Crippen LogP contribution in [0.4, 0.5) is 0 Å². The number of fused-ring (bicyclic) bond motifs is 2. The highest BCUT2D eigenvalue weighted by atomic mass is 32.2. The Morgan fingerprint density at radius 3 is 1.81 bits per heavy atom. The summed E-state index contributed by atoms with van der Waals surface area (Å²) in [5.74, 6) is 0.677. The van der Waals surface area contributed by atoms with Crippen molar-refractivity contribution < 1.29 is 0 Å². The molecule has 2 aliphatic heterocycles. The largest absolute Gasteiger partial charge is 0.363 e. The molecule has 36 heavy (non-hydrogen) atoms. The number of aromatic amines is 1. The van der Waals surface area contributed by atoms with Crippen molar-refractivity contribution in [3.8, 4) is 0 Å². The smallest absolute Gasteiger partial charge is 0.122 e. The summed E-state index contributed by atoms with van der Waals surface area (Å²) in [5.41, 5.74) is 5.44. The summed E-state index contributed by atoms with van der Waals surface area (Å²) < 4.78 is -0.154. The fraction of sp³-hybridized carbons (Fsp3) is 0.290. The summed E-state index contributed by atoms with van der Waals surface area (Å²) in [7, 11) is 0. The summed E-state index contributed by atoms with van der Waals surface area (Å²) in [6, 6.07) is 29.6. The highest BCUT2D eigenvalue weighted by Gasteiger charge is 2.50. The molecule has 4 aromatic rings. The maximum Gasteiger partial charge on any atom is 0.122 e. The predicted molar refractivity (Wildman–Crippen MR) is 157 cm³/mol. The minimum atomic E-state index is -0.180. The van der Waals surface area contributed by atoms with Crippen LogP contribution in [-0.4, -0.2) is 4.98 Å². The summed E-state index contributed by atoms with van der Waals surface area (Å²) >= 11 is 8.21. The van der Waals surface area contributed by atoms with Crippen molar-refractivity contribution in [1.82, 2.24) is 4.98 Å². The van der Waals surface area contributed by atoms with Crippen molar-refractivity contribution in [1.29, 1.82) is 0 Å². The maximum absolute atomic E-state index is 3.86. The van der Waals surface area contributed by atoms with Crippen molar-refractivity contribution in [2.24, 2.45) is 5.92 Å². The second-order valence-electron chi connectivity index (χ2n) is 10.1. The normalized spacial score (nSPS) is 20.2. The average molecular weight is 544 g/mol. The lowest BCUT2D eigenvalue weighted by molar-refractivity contribution is 0.334. The van der Waals surface area contributed by atoms with Gasteiger partial charge in [0.2, 0.25) is 0 Å². The first-order valence-corrected chi connectivity index (χ1v) is 16.1. The van der Waals surface area contributed by atoms with E-state index in [0.717, 1.165) is 0 Å². The van der Waals surface area contributed by atoms with Crippen LogP contribution in [0.2, 0.25) is 0 Å². The third-order valence-corrected chi connectivity index (χ3v) is 14.5. The van der Waals surface area contributed by atoms with E-state index in [-0.39, 0.29) is 8.16 Å². The molecule has 0 bridgehead atoms. The fourth-order valence-electron chi connectivity index (χ4n) is 5.86. The Hall–Kier alpha value is -1.66. The molecule has 1 aliphatic carbocycles. The molecule has 5 heteroatoms. The minimum absolute atomic E-state index is 0.0254. The van der Waals surface area contributed by atoms with Gasteiger partial charge in [-0.3, -0.25) is 0 Å². The molecule has 0 spiro atoms. The molecule has 1 nitrogen and oxygen atoms in total. The highest BCUT2D eigenvalue weighted by molar-refractivity contribution is 8.20. The zero-order valence-corrected chi connectivity index (χ0v) is 23.6. The molecule has 182 valence electrons. The highest BCUT2D eigenvalue weighted by Crippen LogP contribution is 2.68. The number of rotatable bonds is 4. The number of thioether (sulfide) groups is 4. The van der Waals surface area contributed by atoms with Gasteiger partial charge in [0.05, 0.1) is 0 Å². The van der Waals surface area contributed by atoms with E-state index < -0.39 is 0 Å². The third-order valence-electron chi connectivity index (χ3n) is 7.74. The van der Waals surface area contributed by atoms with Gasteiger partial charge in [0, 0.05) is 37.0 Å². The lowest BCUT2D eigenvalue weighted by atomic mass is 9.85. The van der Waals surface area contributed by atoms with Crippen molar-refractivity contribution >= 4 is 47.0 Å². The molecular weight excluding hydrogens is 515 g/mol. The summed E-state index contributed by atoms with van der Waals surface area (Å²) in [5, 5.41) is 0. The molecule has 3 aliphatic rings. The third kappa shape index (κ3) is 3.81. The van der Waals surface area contributed by atoms with E-state index in [1.165, 1.54) is 74.1 Å². The van der Waals surface area contributed by atoms with Crippen molar-refractivity contribution in [2.75, 3.05) is 0 Å². The van der Waals surface area contributed by atoms with Gasteiger partial charge < -0.3 is 4.98 Å². The molecule has 1 aromatic heterocycles. The summed E-state index contributed by atoms with van der Waals surface area (Å²) in [6.45, 7) is 2.18. The van der Waals surface area contributed by atoms with E-state index in [0.29, 0.717) is 5.92 Å². The Bertz CT molecular complexity index is 1350. The lowest BCUT2D eigenvalue weighted by Crippen LogP contribution is -2.29. The van der Waals surface area contributed by atoms with Gasteiger partial charge in [-0.05, 0) is 61.6 Å². The summed E-state index contributed by atoms with van der Waals surface area (Å²) in [4.78, 5) is 9.50. The van der Waals surface area contributed by atoms with Crippen LogP contribution in [0.15, 0.2) is 105 Å². The van der Waals surface area contributed by atoms with E-state index >= 15 is 0 Å². The minimum Gasteiger partial charge on any atom is -0.363 e. The van der Waals surface area contributed by atoms with Crippen molar-refractivity contribution in [2.45, 2.75) is 66.8 Å². The molecule has 0 amide bonds. The summed E-state index contributed by atoms with van der Waals surface area (Å²) in [6.07, 6.45) is 9.04. The van der Waals surface area contributed by atoms with E-state index in [2.05, 4.69) is 120 Å². The molecule has 7 rings (SSSR count). The molecule has 0 saturated heterocycles. The van der Waals surface area contributed by atoms with Crippen LogP contribution in [0.1, 0.15) is 54.5 Å². The van der Waals surface area contributed by atoms with Crippen LogP contribution >= 0.6 is 47.0 Å². The van der Waals surface area contributed by atoms with E-state index in [1.54, 1.807) is 0 Å². The number of H-pyrrole nitrogens is 1. The first kappa shape index (κ1) is 23.5. The maximum atomic E-state index is 3.86. The van der Waals surface area contributed by atoms with Gasteiger partial charge in [0.25, 0.3) is 0 Å². The number of hydrogen-bond acceptors (Lipinski definition) is 4. The second kappa shape index (κ2) is 9.27. The zero-order chi connectivity index (χ0) is 24.2. The number of nitrogens with one attached hydrogen (secondary N) is 1. The Balaban J connectivity index is 1.34. The van der Waals surface area contributed by atoms with Crippen molar-refractivity contribution in [3.05, 3.63) is 107 Å². The van der Waals surface area contributed by atoms with Gasteiger partial charge in [-0.15, -0.1) is 23.5 Å². The quantitative estimate of drug-likeness (QED) is 0.275. The topological polar surface area (TPSA) is 15.8 Å². The van der Waals surface area contributed by atoms with Gasteiger partial charge in [-0.25, -0.2) is 0 Å². The average Bonchev–Trinajstić information content (AvgIpc) is 3.65. The van der Waals surface area contributed by atoms with Gasteiger partial charge >= 0.3 is 0 Å². The Labute approximate surface area is 231 Å². The van der Waals surface area contributed by atoms with E-state index in [1.807, 2.05) is 23.5 Å². The van der Waals surface area contributed by atoms with Crippen LogP contribution < -0.4 is 0 Å². The zero-order valence-electron chi connectivity index (χ0n) is 20.3. The Morgan fingerprint density at radius 2 is 1.22 bits per heavy atom. The van der Waals surface area contributed by atoms with Crippen LogP contribution in [0.5, 0.6) is 0 Å². The fourth-order valence-corrected chi connectivity index (χ4v) is 12.5. The Morgan fingerprint density at radius 1 is 0.667 bits per heavy atom. The molecule has 0 radical (unpaired) electrons. The number of hydrogen-bond donors (Lipinski definition) is 1. The number of aromatic nitrogens is 1. The lowest BCUT2D eigenvalue weighted by Gasteiger charge is -2.38. The predicted octanol–water partition coefficient (Wildman–Crippen LogP) is 10.1. The SMILES string of the molecule is Cc1ccc(C2(c3c[nH]c(C4(C5CCCCC5)Sc5ccccc5S4)c3)Sc3ccccc3S2)cc1.